The average Bonchev–Trinajstić information content (AvgIpc) is 3.52. The van der Waals surface area contributed by atoms with Crippen molar-refractivity contribution in [3.05, 3.63) is 16.5 Å². The van der Waals surface area contributed by atoms with Crippen molar-refractivity contribution >= 4 is 46.1 Å². The molecule has 10 nitrogen and oxygen atoms in total. The van der Waals surface area contributed by atoms with E-state index < -0.39 is 48.5 Å². The van der Waals surface area contributed by atoms with E-state index in [1.54, 1.807) is 6.92 Å². The molecule has 1 aliphatic heterocycles. The molecular weight excluding hydrogens is 462 g/mol. The lowest BCUT2D eigenvalue weighted by molar-refractivity contribution is -0.150. The maximum absolute atomic E-state index is 12.8. The van der Waals surface area contributed by atoms with Crippen LogP contribution in [-0.4, -0.2) is 60.0 Å². The van der Waals surface area contributed by atoms with Gasteiger partial charge in [0, 0.05) is 0 Å². The van der Waals surface area contributed by atoms with Crippen LogP contribution in [0, 0.1) is 5.92 Å². The predicted molar refractivity (Wildman–Crippen MR) is 122 cm³/mol. The van der Waals surface area contributed by atoms with Crippen molar-refractivity contribution in [2.75, 3.05) is 25.1 Å². The van der Waals surface area contributed by atoms with Crippen LogP contribution in [0.5, 0.6) is 0 Å². The van der Waals surface area contributed by atoms with Crippen LogP contribution in [0.15, 0.2) is 5.38 Å². The topological polar surface area (TPSA) is 131 Å². The molecule has 1 saturated heterocycles. The highest BCUT2D eigenvalue weighted by molar-refractivity contribution is 7.15. The number of hydrogen-bond acceptors (Lipinski definition) is 8. The largest absolute Gasteiger partial charge is 0.462 e. The van der Waals surface area contributed by atoms with Gasteiger partial charge >= 0.3 is 18.0 Å². The molecule has 3 fully saturated rings. The summed E-state index contributed by atoms with van der Waals surface area (Å²) in [5.74, 6) is -1.63. The molecule has 2 saturated carbocycles. The van der Waals surface area contributed by atoms with Crippen molar-refractivity contribution in [3.8, 4) is 0 Å². The first kappa shape index (κ1) is 24.2. The Labute approximate surface area is 201 Å². The molecular formula is C23H29N3O7S. The van der Waals surface area contributed by atoms with Crippen LogP contribution in [0.25, 0.3) is 0 Å². The van der Waals surface area contributed by atoms with Gasteiger partial charge in [0.25, 0.3) is 11.8 Å². The Morgan fingerprint density at radius 3 is 2.53 bits per heavy atom. The summed E-state index contributed by atoms with van der Waals surface area (Å²) in [4.78, 5) is 63.1. The van der Waals surface area contributed by atoms with E-state index in [2.05, 4.69) is 17.6 Å². The highest BCUT2D eigenvalue weighted by Crippen LogP contribution is 2.46. The fraction of sp³-hybridized carbons (Fsp3) is 0.609. The van der Waals surface area contributed by atoms with Gasteiger partial charge in [-0.15, -0.1) is 11.3 Å². The maximum atomic E-state index is 12.8. The van der Waals surface area contributed by atoms with Crippen LogP contribution in [0.1, 0.15) is 74.2 Å². The molecule has 1 spiro atoms. The molecule has 1 aromatic heterocycles. The number of nitrogens with one attached hydrogen (secondary N) is 2. The summed E-state index contributed by atoms with van der Waals surface area (Å²) in [6, 6.07) is -0.619. The molecule has 0 radical (unpaired) electrons. The summed E-state index contributed by atoms with van der Waals surface area (Å²) in [6.07, 6.45) is 4.69. The van der Waals surface area contributed by atoms with Crippen LogP contribution in [0.2, 0.25) is 0 Å². The zero-order valence-electron chi connectivity index (χ0n) is 19.3. The fourth-order valence-electron chi connectivity index (χ4n) is 4.47. The standard InChI is InChI=1S/C23H29N3O7S/c1-3-32-20(29)18-15(14-4-5-14)12-34-19(18)24-16(27)11-33-17(28)10-26-21(30)23(25-22(26)31)8-6-13(2)7-9-23/h12-14H,3-11H2,1-2H3,(H,24,27)(H,25,31). The smallest absolute Gasteiger partial charge is 0.341 e. The Morgan fingerprint density at radius 2 is 1.88 bits per heavy atom. The first-order valence-corrected chi connectivity index (χ1v) is 12.5. The molecule has 1 aromatic rings. The number of amides is 4. The number of carbonyl (C=O) groups excluding carboxylic acids is 5. The number of esters is 2. The number of ether oxygens (including phenoxy) is 2. The van der Waals surface area contributed by atoms with Gasteiger partial charge in [0.05, 0.1) is 12.2 Å². The third kappa shape index (κ3) is 4.94. The van der Waals surface area contributed by atoms with Gasteiger partial charge in [-0.3, -0.25) is 19.3 Å². The summed E-state index contributed by atoms with van der Waals surface area (Å²) < 4.78 is 10.1. The molecule has 0 unspecified atom stereocenters. The maximum Gasteiger partial charge on any atom is 0.341 e. The normalized spacial score (nSPS) is 24.2. The van der Waals surface area contributed by atoms with Crippen LogP contribution < -0.4 is 10.6 Å². The molecule has 184 valence electrons. The Kier molecular flexibility index (Phi) is 6.92. The lowest BCUT2D eigenvalue weighted by Gasteiger charge is -2.33. The summed E-state index contributed by atoms with van der Waals surface area (Å²) >= 11 is 1.22. The Balaban J connectivity index is 1.31. The molecule has 34 heavy (non-hydrogen) atoms. The highest BCUT2D eigenvalue weighted by atomic mass is 32.1. The van der Waals surface area contributed by atoms with E-state index in [1.165, 1.54) is 11.3 Å². The highest BCUT2D eigenvalue weighted by Gasteiger charge is 2.52. The first-order valence-electron chi connectivity index (χ1n) is 11.6. The number of thiophene rings is 1. The van der Waals surface area contributed by atoms with E-state index in [9.17, 15) is 24.0 Å². The van der Waals surface area contributed by atoms with Crippen molar-refractivity contribution < 1.29 is 33.4 Å². The van der Waals surface area contributed by atoms with E-state index in [1.807, 2.05) is 5.38 Å². The van der Waals surface area contributed by atoms with Gasteiger partial charge < -0.3 is 20.1 Å². The van der Waals surface area contributed by atoms with Crippen molar-refractivity contribution in [1.82, 2.24) is 10.2 Å². The quantitative estimate of drug-likeness (QED) is 0.422. The van der Waals surface area contributed by atoms with Gasteiger partial charge in [-0.1, -0.05) is 6.92 Å². The van der Waals surface area contributed by atoms with Gasteiger partial charge in [0.1, 0.15) is 17.1 Å². The number of urea groups is 1. The second kappa shape index (κ2) is 9.73. The summed E-state index contributed by atoms with van der Waals surface area (Å²) in [6.45, 7) is 2.86. The number of hydrogen-bond donors (Lipinski definition) is 2. The number of anilines is 1. The molecule has 2 N–H and O–H groups in total. The minimum atomic E-state index is -0.941. The lowest BCUT2D eigenvalue weighted by atomic mass is 9.77. The van der Waals surface area contributed by atoms with Gasteiger partial charge in [-0.05, 0) is 68.2 Å². The molecule has 2 heterocycles. The van der Waals surface area contributed by atoms with Crippen LogP contribution >= 0.6 is 11.3 Å². The van der Waals surface area contributed by atoms with Crippen LogP contribution in [-0.2, 0) is 23.9 Å². The second-order valence-electron chi connectivity index (χ2n) is 9.18. The molecule has 3 aliphatic rings. The number of rotatable bonds is 8. The molecule has 0 bridgehead atoms. The Morgan fingerprint density at radius 1 is 1.18 bits per heavy atom. The van der Waals surface area contributed by atoms with Gasteiger partial charge in [0.15, 0.2) is 6.61 Å². The van der Waals surface area contributed by atoms with E-state index in [4.69, 9.17) is 9.47 Å². The average molecular weight is 492 g/mol. The van der Waals surface area contributed by atoms with E-state index in [-0.39, 0.29) is 6.61 Å². The molecule has 4 amide bonds. The predicted octanol–water partition coefficient (Wildman–Crippen LogP) is 2.78. The summed E-state index contributed by atoms with van der Waals surface area (Å²) in [5, 5.41) is 7.55. The molecule has 4 rings (SSSR count). The Bertz CT molecular complexity index is 1010. The van der Waals surface area contributed by atoms with Crippen molar-refractivity contribution in [1.29, 1.82) is 0 Å². The van der Waals surface area contributed by atoms with Crippen LogP contribution in [0.4, 0.5) is 9.80 Å². The SMILES string of the molecule is CCOC(=O)c1c(C2CC2)csc1NC(=O)COC(=O)CN1C(=O)NC2(CCC(C)CC2)C1=O. The lowest BCUT2D eigenvalue weighted by Crippen LogP contribution is -2.49. The second-order valence-corrected chi connectivity index (χ2v) is 10.1. The summed E-state index contributed by atoms with van der Waals surface area (Å²) in [7, 11) is 0. The van der Waals surface area contributed by atoms with E-state index in [0.717, 1.165) is 36.1 Å². The molecule has 0 aromatic carbocycles. The number of carbonyl (C=O) groups is 5. The van der Waals surface area contributed by atoms with Crippen molar-refractivity contribution in [2.24, 2.45) is 5.92 Å². The minimum absolute atomic E-state index is 0.215. The van der Waals surface area contributed by atoms with E-state index >= 15 is 0 Å². The monoisotopic (exact) mass is 491 g/mol. The van der Waals surface area contributed by atoms with Crippen LogP contribution in [0.3, 0.4) is 0 Å². The molecule has 0 atom stereocenters. The van der Waals surface area contributed by atoms with Gasteiger partial charge in [-0.2, -0.15) is 0 Å². The fourth-order valence-corrected chi connectivity index (χ4v) is 5.52. The first-order chi connectivity index (χ1) is 16.2. The van der Waals surface area contributed by atoms with E-state index in [0.29, 0.717) is 35.2 Å². The zero-order valence-corrected chi connectivity index (χ0v) is 20.1. The number of nitrogens with zero attached hydrogens (tertiary/aromatic N) is 1. The number of imide groups is 1. The van der Waals surface area contributed by atoms with Gasteiger partial charge in [0.2, 0.25) is 0 Å². The third-order valence-electron chi connectivity index (χ3n) is 6.59. The third-order valence-corrected chi connectivity index (χ3v) is 7.51. The van der Waals surface area contributed by atoms with Crippen molar-refractivity contribution in [3.63, 3.8) is 0 Å². The van der Waals surface area contributed by atoms with Gasteiger partial charge in [-0.25, -0.2) is 9.59 Å². The zero-order chi connectivity index (χ0) is 24.5. The Hall–Kier alpha value is -2.95. The molecule has 2 aliphatic carbocycles. The van der Waals surface area contributed by atoms with Crippen molar-refractivity contribution in [2.45, 2.75) is 63.8 Å². The summed E-state index contributed by atoms with van der Waals surface area (Å²) in [5.41, 5.74) is 0.268. The molecule has 11 heteroatoms. The minimum Gasteiger partial charge on any atom is -0.462 e.